The lowest BCUT2D eigenvalue weighted by molar-refractivity contribution is 0.406. The Labute approximate surface area is 88.5 Å². The number of nitrogens with two attached hydrogens (primary N) is 1. The minimum Gasteiger partial charge on any atom is -0.398 e. The van der Waals surface area contributed by atoms with Crippen LogP contribution in [0.15, 0.2) is 24.4 Å². The second kappa shape index (κ2) is 2.99. The van der Waals surface area contributed by atoms with Crippen LogP contribution in [0.1, 0.15) is 20.8 Å². The van der Waals surface area contributed by atoms with Gasteiger partial charge < -0.3 is 10.3 Å². The molecule has 0 bridgehead atoms. The average molecular weight is 206 g/mol. The fourth-order valence-electron chi connectivity index (χ4n) is 1.80. The van der Waals surface area contributed by atoms with Crippen molar-refractivity contribution >= 4 is 16.6 Å². The SMILES string of the molecule is CC(C)(C)n1ccc2c(N)ccc(F)c21. The van der Waals surface area contributed by atoms with E-state index in [9.17, 15) is 4.39 Å². The summed E-state index contributed by atoms with van der Waals surface area (Å²) in [5.74, 6) is -0.223. The van der Waals surface area contributed by atoms with Crippen molar-refractivity contribution in [2.45, 2.75) is 26.3 Å². The highest BCUT2D eigenvalue weighted by atomic mass is 19.1. The Morgan fingerprint density at radius 1 is 1.20 bits per heavy atom. The van der Waals surface area contributed by atoms with Gasteiger partial charge in [-0.2, -0.15) is 0 Å². The highest BCUT2D eigenvalue weighted by molar-refractivity contribution is 5.91. The molecule has 1 aromatic carbocycles. The van der Waals surface area contributed by atoms with Crippen molar-refractivity contribution < 1.29 is 4.39 Å². The number of aromatic nitrogens is 1. The number of rotatable bonds is 0. The summed E-state index contributed by atoms with van der Waals surface area (Å²) in [5, 5.41) is 0.782. The zero-order chi connectivity index (χ0) is 11.2. The summed E-state index contributed by atoms with van der Waals surface area (Å²) < 4.78 is 15.6. The summed E-state index contributed by atoms with van der Waals surface area (Å²) in [6, 6.07) is 4.88. The highest BCUT2D eigenvalue weighted by Crippen LogP contribution is 2.29. The van der Waals surface area contributed by atoms with Gasteiger partial charge in [-0.1, -0.05) is 0 Å². The quantitative estimate of drug-likeness (QED) is 0.660. The number of benzene rings is 1. The van der Waals surface area contributed by atoms with Crippen molar-refractivity contribution in [2.75, 3.05) is 5.73 Å². The Balaban J connectivity index is 2.85. The molecule has 0 amide bonds. The summed E-state index contributed by atoms with van der Waals surface area (Å²) in [6.45, 7) is 6.11. The van der Waals surface area contributed by atoms with E-state index in [0.717, 1.165) is 5.39 Å². The van der Waals surface area contributed by atoms with Crippen molar-refractivity contribution in [3.8, 4) is 0 Å². The molecule has 2 N–H and O–H groups in total. The second-order valence-electron chi connectivity index (χ2n) is 4.76. The summed E-state index contributed by atoms with van der Waals surface area (Å²) in [6.07, 6.45) is 1.88. The Hall–Kier alpha value is -1.51. The summed E-state index contributed by atoms with van der Waals surface area (Å²) in [7, 11) is 0. The third-order valence-corrected chi connectivity index (χ3v) is 2.56. The van der Waals surface area contributed by atoms with Crippen LogP contribution in [0.3, 0.4) is 0 Å². The Morgan fingerprint density at radius 3 is 2.47 bits per heavy atom. The molecule has 0 unspecified atom stereocenters. The van der Waals surface area contributed by atoms with Gasteiger partial charge >= 0.3 is 0 Å². The van der Waals surface area contributed by atoms with Gasteiger partial charge in [0, 0.05) is 22.8 Å². The van der Waals surface area contributed by atoms with E-state index in [0.29, 0.717) is 11.2 Å². The first-order chi connectivity index (χ1) is 6.91. The van der Waals surface area contributed by atoms with Gasteiger partial charge in [-0.05, 0) is 39.0 Å². The number of hydrogen-bond donors (Lipinski definition) is 1. The van der Waals surface area contributed by atoms with E-state index in [-0.39, 0.29) is 11.4 Å². The maximum absolute atomic E-state index is 13.7. The molecule has 0 saturated carbocycles. The van der Waals surface area contributed by atoms with Crippen molar-refractivity contribution in [1.82, 2.24) is 4.57 Å². The number of nitrogen functional groups attached to an aromatic ring is 1. The molecule has 0 aliphatic carbocycles. The van der Waals surface area contributed by atoms with Crippen LogP contribution in [0.5, 0.6) is 0 Å². The zero-order valence-corrected chi connectivity index (χ0v) is 9.21. The number of hydrogen-bond acceptors (Lipinski definition) is 1. The third-order valence-electron chi connectivity index (χ3n) is 2.56. The molecule has 0 aliphatic rings. The van der Waals surface area contributed by atoms with E-state index >= 15 is 0 Å². The number of anilines is 1. The molecule has 1 aromatic heterocycles. The molecule has 0 spiro atoms. The first-order valence-corrected chi connectivity index (χ1v) is 4.97. The van der Waals surface area contributed by atoms with Gasteiger partial charge in [-0.25, -0.2) is 4.39 Å². The second-order valence-corrected chi connectivity index (χ2v) is 4.76. The molecule has 0 aliphatic heterocycles. The smallest absolute Gasteiger partial charge is 0.147 e. The van der Waals surface area contributed by atoms with Crippen LogP contribution < -0.4 is 5.73 Å². The fraction of sp³-hybridized carbons (Fsp3) is 0.333. The van der Waals surface area contributed by atoms with Crippen LogP contribution in [0.4, 0.5) is 10.1 Å². The van der Waals surface area contributed by atoms with Crippen molar-refractivity contribution in [2.24, 2.45) is 0 Å². The summed E-state index contributed by atoms with van der Waals surface area (Å²) >= 11 is 0. The zero-order valence-electron chi connectivity index (χ0n) is 9.21. The van der Waals surface area contributed by atoms with Gasteiger partial charge in [0.1, 0.15) is 5.82 Å². The van der Waals surface area contributed by atoms with Crippen molar-refractivity contribution in [3.63, 3.8) is 0 Å². The van der Waals surface area contributed by atoms with E-state index in [1.807, 2.05) is 37.6 Å². The molecule has 0 radical (unpaired) electrons. The van der Waals surface area contributed by atoms with Crippen molar-refractivity contribution in [1.29, 1.82) is 0 Å². The number of fused-ring (bicyclic) bond motifs is 1. The van der Waals surface area contributed by atoms with Gasteiger partial charge in [0.15, 0.2) is 0 Å². The largest absolute Gasteiger partial charge is 0.398 e. The molecule has 0 saturated heterocycles. The van der Waals surface area contributed by atoms with Crippen LogP contribution in [0, 0.1) is 5.82 Å². The van der Waals surface area contributed by atoms with Gasteiger partial charge in [0.2, 0.25) is 0 Å². The Kier molecular flexibility index (Phi) is 2.00. The molecule has 3 heteroatoms. The lowest BCUT2D eigenvalue weighted by Gasteiger charge is -2.22. The molecule has 2 rings (SSSR count). The number of halogens is 1. The van der Waals surface area contributed by atoms with Crippen LogP contribution in [0.2, 0.25) is 0 Å². The molecule has 0 fully saturated rings. The Bertz CT molecular complexity index is 506. The van der Waals surface area contributed by atoms with Crippen LogP contribution in [0.25, 0.3) is 10.9 Å². The van der Waals surface area contributed by atoms with Crippen molar-refractivity contribution in [3.05, 3.63) is 30.2 Å². The van der Waals surface area contributed by atoms with Crippen LogP contribution in [-0.4, -0.2) is 4.57 Å². The molecule has 0 atom stereocenters. The van der Waals surface area contributed by atoms with E-state index in [4.69, 9.17) is 5.73 Å². The molecule has 1 heterocycles. The monoisotopic (exact) mass is 206 g/mol. The topological polar surface area (TPSA) is 30.9 Å². The van der Waals surface area contributed by atoms with Gasteiger partial charge in [0.25, 0.3) is 0 Å². The fourth-order valence-corrected chi connectivity index (χ4v) is 1.80. The van der Waals surface area contributed by atoms with Crippen LogP contribution >= 0.6 is 0 Å². The van der Waals surface area contributed by atoms with Gasteiger partial charge in [-0.3, -0.25) is 0 Å². The summed E-state index contributed by atoms with van der Waals surface area (Å²) in [5.41, 5.74) is 6.86. The minimum atomic E-state index is -0.223. The lowest BCUT2D eigenvalue weighted by Crippen LogP contribution is -2.20. The van der Waals surface area contributed by atoms with Gasteiger partial charge in [0.05, 0.1) is 5.52 Å². The minimum absolute atomic E-state index is 0.142. The molecule has 15 heavy (non-hydrogen) atoms. The van der Waals surface area contributed by atoms with Crippen LogP contribution in [-0.2, 0) is 5.54 Å². The highest BCUT2D eigenvalue weighted by Gasteiger charge is 2.18. The van der Waals surface area contributed by atoms with E-state index in [1.54, 1.807) is 6.07 Å². The predicted molar refractivity (Wildman–Crippen MR) is 61.3 cm³/mol. The standard InChI is InChI=1S/C12H15FN2/c1-12(2,3)15-7-6-8-10(14)5-4-9(13)11(8)15/h4-7H,14H2,1-3H3. The summed E-state index contributed by atoms with van der Waals surface area (Å²) in [4.78, 5) is 0. The number of nitrogens with zero attached hydrogens (tertiary/aromatic N) is 1. The van der Waals surface area contributed by atoms with Gasteiger partial charge in [-0.15, -0.1) is 0 Å². The molecule has 2 aromatic rings. The maximum Gasteiger partial charge on any atom is 0.147 e. The van der Waals surface area contributed by atoms with E-state index in [1.165, 1.54) is 6.07 Å². The third kappa shape index (κ3) is 1.48. The average Bonchev–Trinajstić information content (AvgIpc) is 2.55. The van der Waals surface area contributed by atoms with E-state index < -0.39 is 0 Å². The van der Waals surface area contributed by atoms with E-state index in [2.05, 4.69) is 0 Å². The normalized spacial score (nSPS) is 12.3. The molecular formula is C12H15FN2. The molecular weight excluding hydrogens is 191 g/mol. The first-order valence-electron chi connectivity index (χ1n) is 4.97. The Morgan fingerprint density at radius 2 is 1.87 bits per heavy atom. The first kappa shape index (κ1) is 10.0. The maximum atomic E-state index is 13.7. The lowest BCUT2D eigenvalue weighted by atomic mass is 10.1. The molecule has 2 nitrogen and oxygen atoms in total. The predicted octanol–water partition coefficient (Wildman–Crippen LogP) is 3.12. The molecule has 80 valence electrons.